The Morgan fingerprint density at radius 3 is 1.78 bits per heavy atom. The van der Waals surface area contributed by atoms with Gasteiger partial charge in [0.15, 0.2) is 0 Å². The summed E-state index contributed by atoms with van der Waals surface area (Å²) in [4.78, 5) is 2.00. The van der Waals surface area contributed by atoms with Crippen LogP contribution >= 0.6 is 0 Å². The van der Waals surface area contributed by atoms with E-state index in [1.54, 1.807) is 19.9 Å². The zero-order valence-electron chi connectivity index (χ0n) is 12.1. The second-order valence-corrected chi connectivity index (χ2v) is 5.61. The normalized spacial score (nSPS) is 10.2. The number of hydrogen-bond donors (Lipinski definition) is 2. The van der Waals surface area contributed by atoms with Crippen molar-refractivity contribution in [2.75, 3.05) is 26.4 Å². The lowest BCUT2D eigenvalue weighted by Crippen LogP contribution is -2.09. The van der Waals surface area contributed by atoms with E-state index in [0.29, 0.717) is 6.54 Å². The first-order valence-electron chi connectivity index (χ1n) is 5.66. The first-order valence-corrected chi connectivity index (χ1v) is 7.26. The molecule has 0 heterocycles. The standard InChI is InChI=1S/C5H11N.C4H10O3S.C3H7N/c1-4-5-6(2)3;1-4(2)3-8(5,6)7;1-2-3-4/h4-5H,1-3H3;4H,3H2,1-2H3,(H,5,6,7);2H,1,3-4H2. The molecule has 0 saturated carbocycles. The molecule has 0 aliphatic carbocycles. The minimum atomic E-state index is -3.72. The highest BCUT2D eigenvalue weighted by Gasteiger charge is 2.05. The van der Waals surface area contributed by atoms with E-state index >= 15 is 0 Å². The van der Waals surface area contributed by atoms with Crippen LogP contribution in [-0.4, -0.2) is 44.3 Å². The smallest absolute Gasteiger partial charge is 0.265 e. The Morgan fingerprint density at radius 2 is 1.78 bits per heavy atom. The van der Waals surface area contributed by atoms with Crippen LogP contribution in [0.4, 0.5) is 0 Å². The summed E-state index contributed by atoms with van der Waals surface area (Å²) >= 11 is 0. The lowest BCUT2D eigenvalue weighted by atomic mass is 10.3. The van der Waals surface area contributed by atoms with Crippen molar-refractivity contribution in [2.45, 2.75) is 20.8 Å². The van der Waals surface area contributed by atoms with Gasteiger partial charge in [0.05, 0.1) is 5.75 Å². The van der Waals surface area contributed by atoms with Crippen LogP contribution in [0.15, 0.2) is 24.9 Å². The number of nitrogens with zero attached hydrogens (tertiary/aromatic N) is 1. The van der Waals surface area contributed by atoms with Crippen LogP contribution in [0.1, 0.15) is 20.8 Å². The van der Waals surface area contributed by atoms with Crippen molar-refractivity contribution in [1.29, 1.82) is 0 Å². The van der Waals surface area contributed by atoms with E-state index < -0.39 is 10.1 Å². The molecule has 0 fully saturated rings. The summed E-state index contributed by atoms with van der Waals surface area (Å²) in [7, 11) is 0.277. The highest BCUT2D eigenvalue weighted by molar-refractivity contribution is 7.85. The summed E-state index contributed by atoms with van der Waals surface area (Å²) in [5, 5.41) is 0. The van der Waals surface area contributed by atoms with Gasteiger partial charge in [0.25, 0.3) is 10.1 Å². The second kappa shape index (κ2) is 14.2. The van der Waals surface area contributed by atoms with Crippen LogP contribution < -0.4 is 5.73 Å². The van der Waals surface area contributed by atoms with Crippen molar-refractivity contribution in [1.82, 2.24) is 4.90 Å². The van der Waals surface area contributed by atoms with Crippen LogP contribution in [0.2, 0.25) is 0 Å². The average Bonchev–Trinajstić information content (AvgIpc) is 2.15. The van der Waals surface area contributed by atoms with Gasteiger partial charge in [-0.1, -0.05) is 26.0 Å². The molecule has 0 amide bonds. The van der Waals surface area contributed by atoms with Crippen molar-refractivity contribution in [2.24, 2.45) is 11.7 Å². The van der Waals surface area contributed by atoms with Crippen LogP contribution in [0.5, 0.6) is 0 Å². The van der Waals surface area contributed by atoms with Gasteiger partial charge in [0.1, 0.15) is 0 Å². The van der Waals surface area contributed by atoms with E-state index in [9.17, 15) is 8.42 Å². The molecule has 0 bridgehead atoms. The third-order valence-corrected chi connectivity index (χ3v) is 2.25. The predicted molar refractivity (Wildman–Crippen MR) is 79.0 cm³/mol. The minimum Gasteiger partial charge on any atom is -0.384 e. The zero-order valence-corrected chi connectivity index (χ0v) is 12.9. The molecule has 0 unspecified atom stereocenters. The molecule has 0 aromatic heterocycles. The number of allylic oxidation sites excluding steroid dienone is 1. The Morgan fingerprint density at radius 1 is 1.39 bits per heavy atom. The largest absolute Gasteiger partial charge is 0.384 e. The first-order chi connectivity index (χ1) is 8.10. The Balaban J connectivity index is -0.000000200. The van der Waals surface area contributed by atoms with Gasteiger partial charge in [-0.15, -0.1) is 6.58 Å². The van der Waals surface area contributed by atoms with Crippen molar-refractivity contribution < 1.29 is 13.0 Å². The molecule has 0 aromatic carbocycles. The first kappa shape index (κ1) is 22.3. The van der Waals surface area contributed by atoms with Gasteiger partial charge in [-0.05, 0) is 19.0 Å². The van der Waals surface area contributed by atoms with Gasteiger partial charge in [0.2, 0.25) is 0 Å². The van der Waals surface area contributed by atoms with E-state index in [2.05, 4.69) is 6.58 Å². The molecule has 0 rings (SSSR count). The predicted octanol–water partition coefficient (Wildman–Crippen LogP) is 1.74. The van der Waals surface area contributed by atoms with Crippen molar-refractivity contribution in [3.8, 4) is 0 Å². The molecular formula is C12H28N2O3S. The van der Waals surface area contributed by atoms with Gasteiger partial charge in [-0.25, -0.2) is 0 Å². The monoisotopic (exact) mass is 280 g/mol. The third kappa shape index (κ3) is 45.7. The summed E-state index contributed by atoms with van der Waals surface area (Å²) in [5.41, 5.74) is 4.91. The molecule has 0 aromatic rings. The van der Waals surface area contributed by atoms with Gasteiger partial charge < -0.3 is 10.6 Å². The van der Waals surface area contributed by atoms with Gasteiger partial charge >= 0.3 is 0 Å². The van der Waals surface area contributed by atoms with E-state index in [4.69, 9.17) is 10.3 Å². The summed E-state index contributed by atoms with van der Waals surface area (Å²) in [6, 6.07) is 0. The number of hydrogen-bond acceptors (Lipinski definition) is 4. The van der Waals surface area contributed by atoms with Crippen LogP contribution in [0, 0.1) is 5.92 Å². The third-order valence-electron chi connectivity index (χ3n) is 1.16. The molecule has 0 radical (unpaired) electrons. The molecule has 0 atom stereocenters. The molecule has 110 valence electrons. The molecular weight excluding hydrogens is 252 g/mol. The molecule has 0 spiro atoms. The Bertz CT molecular complexity index is 296. The fourth-order valence-corrected chi connectivity index (χ4v) is 1.56. The van der Waals surface area contributed by atoms with Gasteiger partial charge in [0, 0.05) is 20.6 Å². The highest BCUT2D eigenvalue weighted by atomic mass is 32.2. The van der Waals surface area contributed by atoms with Crippen LogP contribution in [0.25, 0.3) is 0 Å². The summed E-state index contributed by atoms with van der Waals surface area (Å²) in [5.74, 6) is -0.141. The maximum Gasteiger partial charge on any atom is 0.265 e. The number of nitrogens with two attached hydrogens (primary N) is 1. The lowest BCUT2D eigenvalue weighted by molar-refractivity contribution is 0.473. The van der Waals surface area contributed by atoms with E-state index in [-0.39, 0.29) is 11.7 Å². The van der Waals surface area contributed by atoms with Crippen LogP contribution in [-0.2, 0) is 10.1 Å². The average molecular weight is 280 g/mol. The van der Waals surface area contributed by atoms with Gasteiger partial charge in [-0.3, -0.25) is 4.55 Å². The maximum absolute atomic E-state index is 10.00. The Labute approximate surface area is 112 Å². The van der Waals surface area contributed by atoms with Crippen molar-refractivity contribution in [3.63, 3.8) is 0 Å². The highest BCUT2D eigenvalue weighted by Crippen LogP contribution is 1.95. The Hall–Kier alpha value is -0.850. The zero-order chi connectivity index (χ0) is 15.2. The summed E-state index contributed by atoms with van der Waals surface area (Å²) in [6.07, 6.45) is 5.65. The molecule has 18 heavy (non-hydrogen) atoms. The molecule has 0 saturated heterocycles. The fraction of sp³-hybridized carbons (Fsp3) is 0.667. The van der Waals surface area contributed by atoms with E-state index in [1.807, 2.05) is 38.2 Å². The number of rotatable bonds is 4. The van der Waals surface area contributed by atoms with Crippen molar-refractivity contribution in [3.05, 3.63) is 24.9 Å². The summed E-state index contributed by atoms with van der Waals surface area (Å²) in [6.45, 7) is 9.40. The topological polar surface area (TPSA) is 83.6 Å². The molecule has 0 aliphatic heterocycles. The van der Waals surface area contributed by atoms with E-state index in [1.165, 1.54) is 0 Å². The molecule has 6 heteroatoms. The summed E-state index contributed by atoms with van der Waals surface area (Å²) < 4.78 is 28.2. The van der Waals surface area contributed by atoms with Gasteiger partial charge in [-0.2, -0.15) is 8.42 Å². The minimum absolute atomic E-state index is 0.00463. The molecule has 0 aliphatic rings. The van der Waals surface area contributed by atoms with E-state index in [0.717, 1.165) is 0 Å². The molecule has 3 N–H and O–H groups in total. The SMILES string of the molecule is C=CCN.CC(C)CS(=O)(=O)O.CC=CN(C)C. The second-order valence-electron chi connectivity index (χ2n) is 4.11. The quantitative estimate of drug-likeness (QED) is 0.605. The van der Waals surface area contributed by atoms with Crippen molar-refractivity contribution >= 4 is 10.1 Å². The Kier molecular flexibility index (Phi) is 17.6. The van der Waals surface area contributed by atoms with Crippen LogP contribution in [0.3, 0.4) is 0 Å². The fourth-order valence-electron chi connectivity index (χ4n) is 0.719. The maximum atomic E-state index is 10.00. The lowest BCUT2D eigenvalue weighted by Gasteiger charge is -1.99. The molecule has 5 nitrogen and oxygen atoms in total.